The number of piperidine rings is 1. The van der Waals surface area contributed by atoms with Gasteiger partial charge in [0.05, 0.1) is 5.60 Å². The number of amides is 1. The third-order valence-corrected chi connectivity index (χ3v) is 3.08. The van der Waals surface area contributed by atoms with E-state index in [0.29, 0.717) is 12.1 Å². The number of hydrogen-bond acceptors (Lipinski definition) is 3. The lowest BCUT2D eigenvalue weighted by molar-refractivity contribution is -0.138. The molecular weight excluding hydrogens is 216 g/mol. The molecule has 1 amide bonds. The third kappa shape index (κ3) is 5.04. The Morgan fingerprint density at radius 1 is 1.29 bits per heavy atom. The molecule has 2 unspecified atom stereocenters. The Balaban J connectivity index is 2.39. The summed E-state index contributed by atoms with van der Waals surface area (Å²) in [6, 6.07) is 0.828. The van der Waals surface area contributed by atoms with E-state index < -0.39 is 0 Å². The number of nitrogens with one attached hydrogen (secondary N) is 1. The van der Waals surface area contributed by atoms with E-state index in [2.05, 4.69) is 24.3 Å². The fraction of sp³-hybridized carbons (Fsp3) is 0.923. The highest BCUT2D eigenvalue weighted by molar-refractivity contribution is 5.76. The molecule has 4 heteroatoms. The summed E-state index contributed by atoms with van der Waals surface area (Å²) in [5.74, 6) is -0.0551. The highest BCUT2D eigenvalue weighted by Gasteiger charge is 2.26. The molecule has 0 aliphatic carbocycles. The summed E-state index contributed by atoms with van der Waals surface area (Å²) in [6.45, 7) is 10.3. The first kappa shape index (κ1) is 14.5. The molecule has 1 heterocycles. The van der Waals surface area contributed by atoms with E-state index in [1.54, 1.807) is 0 Å². The van der Waals surface area contributed by atoms with Gasteiger partial charge < -0.3 is 4.74 Å². The molecule has 1 N–H and O–H groups in total. The van der Waals surface area contributed by atoms with E-state index in [1.807, 2.05) is 20.8 Å². The highest BCUT2D eigenvalue weighted by atomic mass is 16.5. The lowest BCUT2D eigenvalue weighted by atomic mass is 10.00. The fourth-order valence-corrected chi connectivity index (χ4v) is 2.10. The summed E-state index contributed by atoms with van der Waals surface area (Å²) in [5.41, 5.74) is 2.69. The first-order valence-electron chi connectivity index (χ1n) is 6.51. The molecule has 1 aliphatic rings. The maximum absolute atomic E-state index is 11.8. The standard InChI is InChI=1S/C13H26N2O2/c1-10-7-6-8-11(2)15(10)14-12(16)9-17-13(3,4)5/h10-11H,6-9H2,1-5H3,(H,14,16). The van der Waals surface area contributed by atoms with E-state index >= 15 is 0 Å². The van der Waals surface area contributed by atoms with Crippen molar-refractivity contribution in [1.29, 1.82) is 0 Å². The molecule has 100 valence electrons. The number of carbonyl (C=O) groups excluding carboxylic acids is 1. The Kier molecular flexibility index (Phi) is 4.95. The Hall–Kier alpha value is -0.610. The van der Waals surface area contributed by atoms with Gasteiger partial charge in [-0.1, -0.05) is 6.42 Å². The molecule has 0 saturated carbocycles. The first-order valence-corrected chi connectivity index (χ1v) is 6.51. The molecule has 1 saturated heterocycles. The van der Waals surface area contributed by atoms with Gasteiger partial charge in [-0.15, -0.1) is 0 Å². The zero-order valence-electron chi connectivity index (χ0n) is 11.7. The van der Waals surface area contributed by atoms with Crippen LogP contribution in [0.1, 0.15) is 53.9 Å². The first-order chi connectivity index (χ1) is 7.79. The van der Waals surface area contributed by atoms with Gasteiger partial charge >= 0.3 is 0 Å². The summed E-state index contributed by atoms with van der Waals surface area (Å²) in [7, 11) is 0. The Bertz CT molecular complexity index is 251. The SMILES string of the molecule is CC1CCCC(C)N1NC(=O)COC(C)(C)C. The summed E-state index contributed by atoms with van der Waals surface area (Å²) in [4.78, 5) is 11.8. The minimum atomic E-state index is -0.267. The second-order valence-electron chi connectivity index (χ2n) is 5.97. The largest absolute Gasteiger partial charge is 0.366 e. The predicted octanol–water partition coefficient (Wildman–Crippen LogP) is 2.10. The summed E-state index contributed by atoms with van der Waals surface area (Å²) >= 11 is 0. The van der Waals surface area contributed by atoms with E-state index in [9.17, 15) is 4.79 Å². The van der Waals surface area contributed by atoms with Crippen molar-refractivity contribution in [2.45, 2.75) is 71.6 Å². The molecule has 0 aromatic rings. The van der Waals surface area contributed by atoms with Crippen molar-refractivity contribution in [3.8, 4) is 0 Å². The molecule has 0 aromatic carbocycles. The molecule has 17 heavy (non-hydrogen) atoms. The van der Waals surface area contributed by atoms with Gasteiger partial charge in [-0.3, -0.25) is 10.2 Å². The molecule has 4 nitrogen and oxygen atoms in total. The van der Waals surface area contributed by atoms with Gasteiger partial charge in [0, 0.05) is 12.1 Å². The molecule has 0 radical (unpaired) electrons. The van der Waals surface area contributed by atoms with E-state index in [1.165, 1.54) is 6.42 Å². The van der Waals surface area contributed by atoms with E-state index in [-0.39, 0.29) is 18.1 Å². The number of nitrogens with zero attached hydrogens (tertiary/aromatic N) is 1. The van der Waals surface area contributed by atoms with E-state index in [0.717, 1.165) is 12.8 Å². The van der Waals surface area contributed by atoms with Crippen molar-refractivity contribution >= 4 is 5.91 Å². The van der Waals surface area contributed by atoms with Crippen LogP contribution in [0.3, 0.4) is 0 Å². The molecule has 0 spiro atoms. The van der Waals surface area contributed by atoms with Crippen LogP contribution in [0.4, 0.5) is 0 Å². The van der Waals surface area contributed by atoms with Gasteiger partial charge in [0.1, 0.15) is 6.61 Å². The van der Waals surface area contributed by atoms with E-state index in [4.69, 9.17) is 4.74 Å². The average molecular weight is 242 g/mol. The Morgan fingerprint density at radius 2 is 1.82 bits per heavy atom. The summed E-state index contributed by atoms with van der Waals surface area (Å²) in [5, 5.41) is 2.07. The van der Waals surface area contributed by atoms with Gasteiger partial charge in [-0.2, -0.15) is 0 Å². The lowest BCUT2D eigenvalue weighted by Gasteiger charge is -2.38. The highest BCUT2D eigenvalue weighted by Crippen LogP contribution is 2.20. The molecule has 1 rings (SSSR count). The van der Waals surface area contributed by atoms with Crippen LogP contribution in [0.25, 0.3) is 0 Å². The normalized spacial score (nSPS) is 26.9. The minimum absolute atomic E-state index is 0.0551. The second-order valence-corrected chi connectivity index (χ2v) is 5.97. The fourth-order valence-electron chi connectivity index (χ4n) is 2.10. The van der Waals surface area contributed by atoms with Crippen LogP contribution in [0.15, 0.2) is 0 Å². The lowest BCUT2D eigenvalue weighted by Crippen LogP contribution is -2.55. The van der Waals surface area contributed by atoms with Crippen LogP contribution in [0.5, 0.6) is 0 Å². The second kappa shape index (κ2) is 5.83. The van der Waals surface area contributed by atoms with Crippen LogP contribution in [-0.4, -0.2) is 35.2 Å². The number of hydrazine groups is 1. The molecular formula is C13H26N2O2. The maximum Gasteiger partial charge on any atom is 0.260 e. The van der Waals surface area contributed by atoms with Gasteiger partial charge in [0.25, 0.3) is 5.91 Å². The molecule has 0 aromatic heterocycles. The molecule has 1 fully saturated rings. The van der Waals surface area contributed by atoms with Crippen LogP contribution in [0.2, 0.25) is 0 Å². The van der Waals surface area contributed by atoms with Crippen molar-refractivity contribution < 1.29 is 9.53 Å². The topological polar surface area (TPSA) is 41.6 Å². The van der Waals surface area contributed by atoms with Gasteiger partial charge in [0.15, 0.2) is 0 Å². The van der Waals surface area contributed by atoms with Crippen molar-refractivity contribution in [3.05, 3.63) is 0 Å². The van der Waals surface area contributed by atoms with Crippen molar-refractivity contribution in [2.24, 2.45) is 0 Å². The van der Waals surface area contributed by atoms with Crippen molar-refractivity contribution in [2.75, 3.05) is 6.61 Å². The van der Waals surface area contributed by atoms with Crippen LogP contribution < -0.4 is 5.43 Å². The zero-order chi connectivity index (χ0) is 13.1. The Labute approximate surface area is 105 Å². The van der Waals surface area contributed by atoms with Gasteiger partial charge in [-0.05, 0) is 47.5 Å². The third-order valence-electron chi connectivity index (χ3n) is 3.08. The molecule has 2 atom stereocenters. The minimum Gasteiger partial charge on any atom is -0.366 e. The summed E-state index contributed by atoms with van der Waals surface area (Å²) in [6.07, 6.45) is 3.53. The number of ether oxygens (including phenoxy) is 1. The van der Waals surface area contributed by atoms with Crippen LogP contribution in [0, 0.1) is 0 Å². The zero-order valence-corrected chi connectivity index (χ0v) is 11.7. The average Bonchev–Trinajstić information content (AvgIpc) is 2.20. The van der Waals surface area contributed by atoms with Crippen molar-refractivity contribution in [3.63, 3.8) is 0 Å². The molecule has 1 aliphatic heterocycles. The number of carbonyl (C=O) groups is 1. The molecule has 0 bridgehead atoms. The monoisotopic (exact) mass is 242 g/mol. The number of rotatable bonds is 3. The predicted molar refractivity (Wildman–Crippen MR) is 68.5 cm³/mol. The van der Waals surface area contributed by atoms with Crippen molar-refractivity contribution in [1.82, 2.24) is 10.4 Å². The Morgan fingerprint density at radius 3 is 2.29 bits per heavy atom. The van der Waals surface area contributed by atoms with Gasteiger partial charge in [-0.25, -0.2) is 5.01 Å². The number of hydrogen-bond donors (Lipinski definition) is 1. The van der Waals surface area contributed by atoms with Gasteiger partial charge in [0.2, 0.25) is 0 Å². The van der Waals surface area contributed by atoms with Crippen LogP contribution in [-0.2, 0) is 9.53 Å². The van der Waals surface area contributed by atoms with Crippen LogP contribution >= 0.6 is 0 Å². The quantitative estimate of drug-likeness (QED) is 0.824. The smallest absolute Gasteiger partial charge is 0.260 e. The maximum atomic E-state index is 11.8. The summed E-state index contributed by atoms with van der Waals surface area (Å²) < 4.78 is 5.46.